The number of hydrogen-bond donors (Lipinski definition) is 1. The minimum atomic E-state index is -0.121. The molecule has 0 bridgehead atoms. The van der Waals surface area contributed by atoms with Crippen LogP contribution in [0.3, 0.4) is 0 Å². The SMILES string of the molecule is CCOc1ccccc1C(NC1=NCCCCN1C)c1ccccc1OCC. The molecule has 0 saturated carbocycles. The molecule has 0 spiro atoms. The van der Waals surface area contributed by atoms with Crippen molar-refractivity contribution >= 4 is 5.96 Å². The van der Waals surface area contributed by atoms with E-state index in [1.54, 1.807) is 0 Å². The van der Waals surface area contributed by atoms with E-state index >= 15 is 0 Å². The molecule has 5 heteroatoms. The van der Waals surface area contributed by atoms with Crippen LogP contribution in [0.5, 0.6) is 11.5 Å². The molecule has 3 rings (SSSR count). The summed E-state index contributed by atoms with van der Waals surface area (Å²) >= 11 is 0. The fraction of sp³-hybridized carbons (Fsp3) is 0.435. The first kappa shape index (κ1) is 20.1. The molecule has 1 N–H and O–H groups in total. The third kappa shape index (κ3) is 4.77. The minimum Gasteiger partial charge on any atom is -0.494 e. The number of rotatable bonds is 7. The van der Waals surface area contributed by atoms with Gasteiger partial charge in [-0.05, 0) is 38.8 Å². The van der Waals surface area contributed by atoms with Crippen LogP contribution < -0.4 is 14.8 Å². The summed E-state index contributed by atoms with van der Waals surface area (Å²) in [5.41, 5.74) is 2.16. The van der Waals surface area contributed by atoms with E-state index in [-0.39, 0.29) is 6.04 Å². The smallest absolute Gasteiger partial charge is 0.194 e. The van der Waals surface area contributed by atoms with E-state index in [1.807, 2.05) is 38.1 Å². The Kier molecular flexibility index (Phi) is 7.18. The highest BCUT2D eigenvalue weighted by atomic mass is 16.5. The Hall–Kier alpha value is -2.69. The molecule has 28 heavy (non-hydrogen) atoms. The van der Waals surface area contributed by atoms with E-state index in [0.717, 1.165) is 54.5 Å². The number of para-hydroxylation sites is 2. The van der Waals surface area contributed by atoms with Crippen LogP contribution in [-0.2, 0) is 0 Å². The molecule has 5 nitrogen and oxygen atoms in total. The first-order valence-electron chi connectivity index (χ1n) is 10.2. The Morgan fingerprint density at radius 1 is 0.929 bits per heavy atom. The van der Waals surface area contributed by atoms with Gasteiger partial charge in [-0.3, -0.25) is 4.99 Å². The Morgan fingerprint density at radius 2 is 1.50 bits per heavy atom. The first-order chi connectivity index (χ1) is 13.7. The standard InChI is InChI=1S/C23H31N3O2/c1-4-27-20-14-8-6-12-18(20)22(19-13-7-9-15-21(19)28-5-2)25-23-24-16-10-11-17-26(23)3/h6-9,12-15,22H,4-5,10-11,16-17H2,1-3H3,(H,24,25). The summed E-state index contributed by atoms with van der Waals surface area (Å²) < 4.78 is 11.9. The lowest BCUT2D eigenvalue weighted by Crippen LogP contribution is -2.41. The predicted molar refractivity (Wildman–Crippen MR) is 114 cm³/mol. The molecule has 1 heterocycles. The largest absolute Gasteiger partial charge is 0.494 e. The van der Waals surface area contributed by atoms with Gasteiger partial charge in [-0.15, -0.1) is 0 Å². The van der Waals surface area contributed by atoms with Crippen molar-refractivity contribution in [3.05, 3.63) is 59.7 Å². The van der Waals surface area contributed by atoms with Crippen molar-refractivity contribution in [1.29, 1.82) is 0 Å². The van der Waals surface area contributed by atoms with Gasteiger partial charge in [0.2, 0.25) is 0 Å². The number of ether oxygens (including phenoxy) is 2. The zero-order chi connectivity index (χ0) is 19.8. The van der Waals surface area contributed by atoms with E-state index in [4.69, 9.17) is 14.5 Å². The molecule has 1 aliphatic heterocycles. The second kappa shape index (κ2) is 10.0. The molecular weight excluding hydrogens is 350 g/mol. The molecule has 2 aromatic rings. The third-order valence-corrected chi connectivity index (χ3v) is 4.86. The Bertz CT molecular complexity index is 741. The van der Waals surface area contributed by atoms with E-state index < -0.39 is 0 Å². The molecule has 0 fully saturated rings. The topological polar surface area (TPSA) is 46.1 Å². The maximum Gasteiger partial charge on any atom is 0.194 e. The Balaban J connectivity index is 2.06. The first-order valence-corrected chi connectivity index (χ1v) is 10.2. The van der Waals surface area contributed by atoms with Crippen molar-refractivity contribution in [2.45, 2.75) is 32.7 Å². The van der Waals surface area contributed by atoms with Gasteiger partial charge in [0.1, 0.15) is 11.5 Å². The molecule has 0 atom stereocenters. The molecule has 1 aliphatic rings. The van der Waals surface area contributed by atoms with Crippen molar-refractivity contribution in [1.82, 2.24) is 10.2 Å². The van der Waals surface area contributed by atoms with E-state index in [1.165, 1.54) is 0 Å². The van der Waals surface area contributed by atoms with Gasteiger partial charge in [0.25, 0.3) is 0 Å². The van der Waals surface area contributed by atoms with E-state index in [2.05, 4.69) is 41.5 Å². The number of aliphatic imine (C=N–C) groups is 1. The normalized spacial score (nSPS) is 14.4. The van der Waals surface area contributed by atoms with Gasteiger partial charge < -0.3 is 19.7 Å². The fourth-order valence-electron chi connectivity index (χ4n) is 3.49. The van der Waals surface area contributed by atoms with Crippen LogP contribution in [0.25, 0.3) is 0 Å². The van der Waals surface area contributed by atoms with Gasteiger partial charge in [0.05, 0.1) is 19.3 Å². The summed E-state index contributed by atoms with van der Waals surface area (Å²) in [6, 6.07) is 16.3. The highest BCUT2D eigenvalue weighted by molar-refractivity contribution is 5.81. The molecule has 0 aliphatic carbocycles. The molecule has 150 valence electrons. The summed E-state index contributed by atoms with van der Waals surface area (Å²) in [5.74, 6) is 2.68. The molecule has 0 saturated heterocycles. The van der Waals surface area contributed by atoms with Crippen LogP contribution in [0, 0.1) is 0 Å². The van der Waals surface area contributed by atoms with Gasteiger partial charge in [-0.1, -0.05) is 36.4 Å². The average Bonchev–Trinajstić information content (AvgIpc) is 2.92. The fourth-order valence-corrected chi connectivity index (χ4v) is 3.49. The molecule has 2 aromatic carbocycles. The molecule has 0 unspecified atom stereocenters. The van der Waals surface area contributed by atoms with Gasteiger partial charge >= 0.3 is 0 Å². The lowest BCUT2D eigenvalue weighted by Gasteiger charge is -2.29. The lowest BCUT2D eigenvalue weighted by atomic mass is 9.97. The number of benzene rings is 2. The summed E-state index contributed by atoms with van der Waals surface area (Å²) in [6.45, 7) is 7.11. The number of guanidine groups is 1. The van der Waals surface area contributed by atoms with Gasteiger partial charge in [-0.2, -0.15) is 0 Å². The van der Waals surface area contributed by atoms with Crippen molar-refractivity contribution in [3.63, 3.8) is 0 Å². The average molecular weight is 382 g/mol. The van der Waals surface area contributed by atoms with Crippen molar-refractivity contribution in [2.75, 3.05) is 33.4 Å². The summed E-state index contributed by atoms with van der Waals surface area (Å²) in [6.07, 6.45) is 2.27. The van der Waals surface area contributed by atoms with Crippen molar-refractivity contribution in [2.24, 2.45) is 4.99 Å². The summed E-state index contributed by atoms with van der Waals surface area (Å²) in [5, 5.41) is 3.69. The zero-order valence-corrected chi connectivity index (χ0v) is 17.1. The number of nitrogens with zero attached hydrogens (tertiary/aromatic N) is 2. The van der Waals surface area contributed by atoms with Crippen LogP contribution in [-0.4, -0.2) is 44.2 Å². The third-order valence-electron chi connectivity index (χ3n) is 4.86. The molecule has 0 radical (unpaired) electrons. The number of hydrogen-bond acceptors (Lipinski definition) is 5. The van der Waals surface area contributed by atoms with Crippen molar-refractivity contribution < 1.29 is 9.47 Å². The van der Waals surface area contributed by atoms with Crippen LogP contribution >= 0.6 is 0 Å². The lowest BCUT2D eigenvalue weighted by molar-refractivity contribution is 0.328. The Morgan fingerprint density at radius 3 is 2.07 bits per heavy atom. The summed E-state index contributed by atoms with van der Waals surface area (Å²) in [4.78, 5) is 7.00. The van der Waals surface area contributed by atoms with E-state index in [9.17, 15) is 0 Å². The number of nitrogens with one attached hydrogen (secondary N) is 1. The van der Waals surface area contributed by atoms with Gasteiger partial charge in [0.15, 0.2) is 5.96 Å². The predicted octanol–water partition coefficient (Wildman–Crippen LogP) is 4.24. The van der Waals surface area contributed by atoms with Gasteiger partial charge in [0, 0.05) is 31.3 Å². The summed E-state index contributed by atoms with van der Waals surface area (Å²) in [7, 11) is 2.09. The highest BCUT2D eigenvalue weighted by Crippen LogP contribution is 2.35. The van der Waals surface area contributed by atoms with E-state index in [0.29, 0.717) is 13.2 Å². The van der Waals surface area contributed by atoms with Crippen LogP contribution in [0.4, 0.5) is 0 Å². The molecule has 0 amide bonds. The minimum absolute atomic E-state index is 0.121. The van der Waals surface area contributed by atoms with Crippen LogP contribution in [0.15, 0.2) is 53.5 Å². The molecule has 0 aromatic heterocycles. The second-order valence-electron chi connectivity index (χ2n) is 6.85. The maximum atomic E-state index is 5.95. The quantitative estimate of drug-likeness (QED) is 0.779. The highest BCUT2D eigenvalue weighted by Gasteiger charge is 2.24. The molecular formula is C23H31N3O2. The van der Waals surface area contributed by atoms with Crippen molar-refractivity contribution in [3.8, 4) is 11.5 Å². The Labute approximate surface area is 168 Å². The maximum absolute atomic E-state index is 5.95. The van der Waals surface area contributed by atoms with Gasteiger partial charge in [-0.25, -0.2) is 0 Å². The van der Waals surface area contributed by atoms with Crippen LogP contribution in [0.1, 0.15) is 43.9 Å². The monoisotopic (exact) mass is 381 g/mol. The second-order valence-corrected chi connectivity index (χ2v) is 6.85. The zero-order valence-electron chi connectivity index (χ0n) is 17.1. The van der Waals surface area contributed by atoms with Crippen LogP contribution in [0.2, 0.25) is 0 Å².